The van der Waals surface area contributed by atoms with E-state index in [9.17, 15) is 4.79 Å². The molecule has 23 heavy (non-hydrogen) atoms. The van der Waals surface area contributed by atoms with Crippen LogP contribution in [-0.4, -0.2) is 22.0 Å². The molecular weight excluding hydrogens is 372 g/mol. The van der Waals surface area contributed by atoms with E-state index in [4.69, 9.17) is 12.2 Å². The van der Waals surface area contributed by atoms with Crippen molar-refractivity contribution >= 4 is 39.2 Å². The number of thiocarbonyl (C=S) groups is 1. The van der Waals surface area contributed by atoms with Gasteiger partial charge in [0.25, 0.3) is 5.91 Å². The number of carbonyl (C=O) groups is 1. The van der Waals surface area contributed by atoms with Gasteiger partial charge in [0.05, 0.1) is 0 Å². The fourth-order valence-electron chi connectivity index (χ4n) is 2.11. The zero-order chi connectivity index (χ0) is 16.8. The van der Waals surface area contributed by atoms with Crippen LogP contribution in [0.5, 0.6) is 0 Å². The summed E-state index contributed by atoms with van der Waals surface area (Å²) in [5, 5.41) is 3.26. The molecule has 0 saturated carbocycles. The summed E-state index contributed by atoms with van der Waals surface area (Å²) >= 11 is 8.80. The first-order chi connectivity index (χ1) is 11.0. The monoisotopic (exact) mass is 390 g/mol. The van der Waals surface area contributed by atoms with E-state index in [0.29, 0.717) is 17.2 Å². The molecule has 0 spiro atoms. The Bertz CT molecular complexity index is 671. The molecule has 120 valence electrons. The second kappa shape index (κ2) is 8.22. The Kier molecular flexibility index (Phi) is 6.30. The fraction of sp³-hybridized carbons (Fsp3) is 0.222. The molecule has 2 rings (SSSR count). The maximum absolute atomic E-state index is 12.3. The molecule has 1 amide bonds. The number of hydrogen-bond donors (Lipinski definition) is 1. The Morgan fingerprint density at radius 2 is 1.74 bits per heavy atom. The summed E-state index contributed by atoms with van der Waals surface area (Å²) in [4.78, 5) is 14.3. The van der Waals surface area contributed by atoms with Crippen LogP contribution in [0.3, 0.4) is 0 Å². The summed E-state index contributed by atoms with van der Waals surface area (Å²) < 4.78 is 0.935. The summed E-state index contributed by atoms with van der Waals surface area (Å²) in [6.07, 6.45) is 0. The summed E-state index contributed by atoms with van der Waals surface area (Å²) in [7, 11) is 0. The lowest BCUT2D eigenvalue weighted by Crippen LogP contribution is -2.45. The minimum atomic E-state index is -0.193. The molecule has 0 heterocycles. The normalized spacial score (nSPS) is 10.4. The number of nitrogens with one attached hydrogen (secondary N) is 1. The van der Waals surface area contributed by atoms with Crippen LogP contribution in [0.2, 0.25) is 0 Å². The Balaban J connectivity index is 2.06. The van der Waals surface area contributed by atoms with E-state index >= 15 is 0 Å². The van der Waals surface area contributed by atoms with Gasteiger partial charge in [-0.25, -0.2) is 0 Å². The van der Waals surface area contributed by atoms with E-state index in [1.54, 1.807) is 12.1 Å². The predicted octanol–water partition coefficient (Wildman–Crippen LogP) is 4.37. The van der Waals surface area contributed by atoms with Crippen LogP contribution in [-0.2, 0) is 6.54 Å². The number of amides is 1. The number of hydrogen-bond acceptors (Lipinski definition) is 2. The van der Waals surface area contributed by atoms with Gasteiger partial charge in [0.1, 0.15) is 0 Å². The average Bonchev–Trinajstić information content (AvgIpc) is 2.53. The molecule has 1 N–H and O–H groups in total. The van der Waals surface area contributed by atoms with Crippen molar-refractivity contribution in [1.29, 1.82) is 0 Å². The van der Waals surface area contributed by atoms with E-state index in [1.807, 2.05) is 35.2 Å². The predicted molar refractivity (Wildman–Crippen MR) is 101 cm³/mol. The van der Waals surface area contributed by atoms with Gasteiger partial charge in [-0.3, -0.25) is 10.1 Å². The highest BCUT2D eigenvalue weighted by Gasteiger charge is 2.17. The van der Waals surface area contributed by atoms with Crippen LogP contribution in [0.1, 0.15) is 29.8 Å². The zero-order valence-electron chi connectivity index (χ0n) is 13.1. The van der Waals surface area contributed by atoms with Gasteiger partial charge in [-0.2, -0.15) is 0 Å². The Hall–Kier alpha value is -1.72. The summed E-state index contributed by atoms with van der Waals surface area (Å²) in [6, 6.07) is 17.5. The number of carbonyl (C=O) groups excluding carboxylic acids is 1. The Morgan fingerprint density at radius 1 is 1.13 bits per heavy atom. The molecule has 3 nitrogen and oxygen atoms in total. The standard InChI is InChI=1S/C18H19BrN2OS/c1-13(2)21(12-14-6-4-3-5-7-14)18(23)20-17(22)15-8-10-16(19)11-9-15/h3-11,13H,12H2,1-2H3,(H,20,22,23). The smallest absolute Gasteiger partial charge is 0.257 e. The van der Waals surface area contributed by atoms with Gasteiger partial charge in [-0.05, 0) is 55.9 Å². The first-order valence-corrected chi connectivity index (χ1v) is 8.59. The third-order valence-corrected chi connectivity index (χ3v) is 4.27. The highest BCUT2D eigenvalue weighted by atomic mass is 79.9. The molecule has 5 heteroatoms. The lowest BCUT2D eigenvalue weighted by Gasteiger charge is -2.29. The van der Waals surface area contributed by atoms with Crippen molar-refractivity contribution in [3.8, 4) is 0 Å². The number of nitrogens with zero attached hydrogens (tertiary/aromatic N) is 1. The summed E-state index contributed by atoms with van der Waals surface area (Å²) in [5.74, 6) is -0.193. The Morgan fingerprint density at radius 3 is 2.30 bits per heavy atom. The first kappa shape index (κ1) is 17.6. The molecule has 0 fully saturated rings. The molecular formula is C18H19BrN2OS. The van der Waals surface area contributed by atoms with E-state index in [-0.39, 0.29) is 11.9 Å². The molecule has 0 unspecified atom stereocenters. The average molecular weight is 391 g/mol. The zero-order valence-corrected chi connectivity index (χ0v) is 15.5. The van der Waals surface area contributed by atoms with Gasteiger partial charge in [0.2, 0.25) is 0 Å². The molecule has 0 aliphatic carbocycles. The van der Waals surface area contributed by atoms with Gasteiger partial charge in [0.15, 0.2) is 5.11 Å². The van der Waals surface area contributed by atoms with E-state index in [0.717, 1.165) is 10.0 Å². The van der Waals surface area contributed by atoms with Gasteiger partial charge in [0, 0.05) is 22.6 Å². The molecule has 0 radical (unpaired) electrons. The topological polar surface area (TPSA) is 32.3 Å². The number of rotatable bonds is 4. The first-order valence-electron chi connectivity index (χ1n) is 7.39. The second-order valence-electron chi connectivity index (χ2n) is 5.47. The lowest BCUT2D eigenvalue weighted by molar-refractivity contribution is 0.0972. The van der Waals surface area contributed by atoms with Crippen molar-refractivity contribution in [2.45, 2.75) is 26.4 Å². The largest absolute Gasteiger partial charge is 0.342 e. The van der Waals surface area contributed by atoms with Crippen molar-refractivity contribution in [2.24, 2.45) is 0 Å². The molecule has 0 aliphatic rings. The minimum Gasteiger partial charge on any atom is -0.342 e. The quantitative estimate of drug-likeness (QED) is 0.786. The van der Waals surface area contributed by atoms with Crippen LogP contribution in [0.25, 0.3) is 0 Å². The number of benzene rings is 2. The van der Waals surface area contributed by atoms with Crippen LogP contribution in [0, 0.1) is 0 Å². The second-order valence-corrected chi connectivity index (χ2v) is 6.78. The van der Waals surface area contributed by atoms with Crippen LogP contribution < -0.4 is 5.32 Å². The molecule has 0 aliphatic heterocycles. The van der Waals surface area contributed by atoms with Gasteiger partial charge in [-0.1, -0.05) is 46.3 Å². The van der Waals surface area contributed by atoms with Crippen molar-refractivity contribution in [2.75, 3.05) is 0 Å². The van der Waals surface area contributed by atoms with Gasteiger partial charge < -0.3 is 4.90 Å². The highest BCUT2D eigenvalue weighted by Crippen LogP contribution is 2.12. The SMILES string of the molecule is CC(C)N(Cc1ccccc1)C(=S)NC(=O)c1ccc(Br)cc1. The van der Waals surface area contributed by atoms with Crippen LogP contribution in [0.4, 0.5) is 0 Å². The van der Waals surface area contributed by atoms with Crippen molar-refractivity contribution < 1.29 is 4.79 Å². The maximum Gasteiger partial charge on any atom is 0.257 e. The fourth-order valence-corrected chi connectivity index (χ4v) is 2.74. The molecule has 0 aromatic heterocycles. The summed E-state index contributed by atoms with van der Waals surface area (Å²) in [5.41, 5.74) is 1.74. The van der Waals surface area contributed by atoms with E-state index < -0.39 is 0 Å². The third-order valence-electron chi connectivity index (χ3n) is 3.41. The van der Waals surface area contributed by atoms with Crippen LogP contribution >= 0.6 is 28.1 Å². The molecule has 2 aromatic rings. The maximum atomic E-state index is 12.3. The van der Waals surface area contributed by atoms with E-state index in [1.165, 1.54) is 0 Å². The van der Waals surface area contributed by atoms with Crippen LogP contribution in [0.15, 0.2) is 59.1 Å². The minimum absolute atomic E-state index is 0.188. The van der Waals surface area contributed by atoms with E-state index in [2.05, 4.69) is 47.2 Å². The lowest BCUT2D eigenvalue weighted by atomic mass is 10.2. The molecule has 0 atom stereocenters. The van der Waals surface area contributed by atoms with Crippen molar-refractivity contribution in [3.63, 3.8) is 0 Å². The third kappa shape index (κ3) is 5.15. The van der Waals surface area contributed by atoms with Crippen molar-refractivity contribution in [1.82, 2.24) is 10.2 Å². The van der Waals surface area contributed by atoms with Crippen molar-refractivity contribution in [3.05, 3.63) is 70.2 Å². The molecule has 0 bridgehead atoms. The molecule has 2 aromatic carbocycles. The summed E-state index contributed by atoms with van der Waals surface area (Å²) in [6.45, 7) is 4.78. The number of halogens is 1. The highest BCUT2D eigenvalue weighted by molar-refractivity contribution is 9.10. The van der Waals surface area contributed by atoms with Gasteiger partial charge >= 0.3 is 0 Å². The molecule has 0 saturated heterocycles. The Labute approximate surface area is 150 Å². The van der Waals surface area contributed by atoms with Gasteiger partial charge in [-0.15, -0.1) is 0 Å².